The summed E-state index contributed by atoms with van der Waals surface area (Å²) in [6, 6.07) is 88.9. The molecular weight excluding hydrogens is 875 g/mol. The Labute approximate surface area is 416 Å². The summed E-state index contributed by atoms with van der Waals surface area (Å²) < 4.78 is 2.35. The third kappa shape index (κ3) is 6.32. The van der Waals surface area contributed by atoms with Crippen LogP contribution in [0.3, 0.4) is 0 Å². The van der Waals surface area contributed by atoms with Crippen LogP contribution < -0.4 is 9.80 Å². The van der Waals surface area contributed by atoms with Crippen LogP contribution in [0.1, 0.15) is 28.2 Å². The van der Waals surface area contributed by atoms with Crippen LogP contribution in [-0.2, 0) is 0 Å². The lowest BCUT2D eigenvalue weighted by molar-refractivity contribution is 1.01. The minimum atomic E-state index is 0.139. The average molecular weight is 916 g/mol. The first-order valence-corrected chi connectivity index (χ1v) is 24.3. The molecule has 14 rings (SSSR count). The molecule has 1 aromatic heterocycles. The number of fused-ring (bicyclic) bond motifs is 6. The van der Waals surface area contributed by atoms with Crippen molar-refractivity contribution in [2.75, 3.05) is 9.80 Å². The Morgan fingerprint density at radius 1 is 0.431 bits per heavy atom. The Bertz CT molecular complexity index is 4350. The maximum Gasteiger partial charge on any atom is 0.187 e. The van der Waals surface area contributed by atoms with E-state index in [9.17, 15) is 5.26 Å². The minimum absolute atomic E-state index is 0.139. The predicted molar refractivity (Wildman–Crippen MR) is 298 cm³/mol. The van der Waals surface area contributed by atoms with Crippen LogP contribution in [0.15, 0.2) is 243 Å². The Balaban J connectivity index is 0.977. The van der Waals surface area contributed by atoms with Gasteiger partial charge in [0.15, 0.2) is 5.69 Å². The topological polar surface area (TPSA) is 39.6 Å². The van der Waals surface area contributed by atoms with Crippen LogP contribution in [0.2, 0.25) is 0 Å². The number of rotatable bonds is 8. The molecule has 0 fully saturated rings. The highest BCUT2D eigenvalue weighted by Crippen LogP contribution is 2.52. The van der Waals surface area contributed by atoms with E-state index in [0.717, 1.165) is 77.8 Å². The zero-order chi connectivity index (χ0) is 47.9. The van der Waals surface area contributed by atoms with Crippen LogP contribution >= 0.6 is 0 Å². The third-order valence-electron chi connectivity index (χ3n) is 14.8. The fourth-order valence-corrected chi connectivity index (χ4v) is 11.7. The molecule has 334 valence electrons. The Hall–Kier alpha value is -9.94. The van der Waals surface area contributed by atoms with Crippen molar-refractivity contribution in [2.45, 2.75) is 5.92 Å². The lowest BCUT2D eigenvalue weighted by Crippen LogP contribution is -2.12. The van der Waals surface area contributed by atoms with Gasteiger partial charge in [0.2, 0.25) is 0 Å². The highest BCUT2D eigenvalue weighted by Gasteiger charge is 2.31. The predicted octanol–water partition coefficient (Wildman–Crippen LogP) is 18.2. The van der Waals surface area contributed by atoms with E-state index >= 15 is 0 Å². The molecule has 0 spiro atoms. The molecule has 0 radical (unpaired) electrons. The first-order valence-electron chi connectivity index (χ1n) is 24.3. The minimum Gasteiger partial charge on any atom is -0.310 e. The summed E-state index contributed by atoms with van der Waals surface area (Å²) in [5.41, 5.74) is 17.0. The SMILES string of the molecule is [C-]#[N+]c1ccc(N(c2ccc3c(c2)c2ccccc2n3-c2ccccc2)c2ccc3ccc4c(N(c5ccc(C#N)cc5)c5ccc6c(c5)-c5ccccc5C6c5ccccc5)ccc5ccc2c3c54)cc1. The molecular formula is C67H41N5. The lowest BCUT2D eigenvalue weighted by Gasteiger charge is -2.30. The lowest BCUT2D eigenvalue weighted by atomic mass is 9.89. The second-order valence-electron chi connectivity index (χ2n) is 18.6. The van der Waals surface area contributed by atoms with E-state index in [2.05, 4.69) is 244 Å². The average Bonchev–Trinajstić information content (AvgIpc) is 3.96. The summed E-state index contributed by atoms with van der Waals surface area (Å²) >= 11 is 0. The van der Waals surface area contributed by atoms with E-state index in [1.54, 1.807) is 0 Å². The number of nitrogens with zero attached hydrogens (tertiary/aromatic N) is 5. The molecule has 5 heteroatoms. The van der Waals surface area contributed by atoms with Gasteiger partial charge < -0.3 is 14.4 Å². The van der Waals surface area contributed by atoms with Crippen molar-refractivity contribution in [1.82, 2.24) is 4.57 Å². The standard InChI is InChI=1S/C67H41N5/c1-69-47-26-30-50(31-27-47)71(52-33-39-64-60(41-52)54-17-10-11-19-61(54)72(64)48-14-6-3-7-15-48)63-38-25-46-22-34-57-62(37-24-45-23-35-58(63)67(46)66(45)57)70(49-28-20-43(42-68)21-29-49)51-32-36-56-59(40-51)53-16-8-9-18-55(53)65(56)44-12-4-2-5-13-44/h2-41,65H. The highest BCUT2D eigenvalue weighted by molar-refractivity contribution is 6.28. The number of hydrogen-bond acceptors (Lipinski definition) is 3. The molecule has 1 aliphatic rings. The van der Waals surface area contributed by atoms with Crippen LogP contribution in [0, 0.1) is 17.9 Å². The summed E-state index contributed by atoms with van der Waals surface area (Å²) in [5.74, 6) is 0.139. The molecule has 1 atom stereocenters. The largest absolute Gasteiger partial charge is 0.310 e. The maximum atomic E-state index is 9.90. The molecule has 0 saturated carbocycles. The Morgan fingerprint density at radius 3 is 1.65 bits per heavy atom. The van der Waals surface area contributed by atoms with Crippen molar-refractivity contribution < 1.29 is 0 Å². The Kier molecular flexibility index (Phi) is 9.33. The fraction of sp³-hybridized carbons (Fsp3) is 0.0149. The molecule has 5 nitrogen and oxygen atoms in total. The summed E-state index contributed by atoms with van der Waals surface area (Å²) in [6.07, 6.45) is 0. The van der Waals surface area contributed by atoms with Gasteiger partial charge >= 0.3 is 0 Å². The molecule has 0 aliphatic heterocycles. The molecule has 0 saturated heterocycles. The van der Waals surface area contributed by atoms with E-state index < -0.39 is 0 Å². The van der Waals surface area contributed by atoms with Crippen molar-refractivity contribution in [2.24, 2.45) is 0 Å². The number of anilines is 6. The molecule has 13 aromatic rings. The quantitative estimate of drug-likeness (QED) is 0.113. The number of benzene rings is 12. The molecule has 12 aromatic carbocycles. The summed E-state index contributed by atoms with van der Waals surface area (Å²) in [7, 11) is 0. The molecule has 72 heavy (non-hydrogen) atoms. The molecule has 1 unspecified atom stereocenters. The maximum absolute atomic E-state index is 9.90. The monoisotopic (exact) mass is 915 g/mol. The number of aromatic nitrogens is 1. The van der Waals surface area contributed by atoms with Crippen LogP contribution in [0.4, 0.5) is 39.8 Å². The molecule has 0 bridgehead atoms. The van der Waals surface area contributed by atoms with Gasteiger partial charge in [0.25, 0.3) is 0 Å². The van der Waals surface area contributed by atoms with Gasteiger partial charge in [0, 0.05) is 55.9 Å². The van der Waals surface area contributed by atoms with Gasteiger partial charge in [-0.1, -0.05) is 146 Å². The highest BCUT2D eigenvalue weighted by atomic mass is 15.2. The van der Waals surface area contributed by atoms with E-state index in [0.29, 0.717) is 11.3 Å². The van der Waals surface area contributed by atoms with Crippen molar-refractivity contribution in [1.29, 1.82) is 5.26 Å². The summed E-state index contributed by atoms with van der Waals surface area (Å²) in [6.45, 7) is 7.79. The Morgan fingerprint density at radius 2 is 0.972 bits per heavy atom. The summed E-state index contributed by atoms with van der Waals surface area (Å²) in [5, 5.41) is 19.2. The van der Waals surface area contributed by atoms with Crippen molar-refractivity contribution in [3.8, 4) is 22.9 Å². The van der Waals surface area contributed by atoms with Crippen LogP contribution in [0.25, 0.3) is 75.8 Å². The summed E-state index contributed by atoms with van der Waals surface area (Å²) in [4.78, 5) is 8.47. The zero-order valence-corrected chi connectivity index (χ0v) is 38.9. The second-order valence-corrected chi connectivity index (χ2v) is 18.6. The van der Waals surface area contributed by atoms with Gasteiger partial charge in [-0.15, -0.1) is 0 Å². The van der Waals surface area contributed by atoms with Crippen LogP contribution in [0.5, 0.6) is 0 Å². The first-order chi connectivity index (χ1) is 35.6. The van der Waals surface area contributed by atoms with Gasteiger partial charge in [-0.2, -0.15) is 5.26 Å². The van der Waals surface area contributed by atoms with E-state index in [-0.39, 0.29) is 5.92 Å². The zero-order valence-electron chi connectivity index (χ0n) is 38.9. The van der Waals surface area contributed by atoms with Gasteiger partial charge in [-0.25, -0.2) is 4.85 Å². The van der Waals surface area contributed by atoms with Crippen LogP contribution in [-0.4, -0.2) is 4.57 Å². The second kappa shape index (κ2) is 16.4. The number of para-hydroxylation sites is 2. The smallest absolute Gasteiger partial charge is 0.187 e. The van der Waals surface area contributed by atoms with Gasteiger partial charge in [-0.3, -0.25) is 0 Å². The van der Waals surface area contributed by atoms with E-state index in [4.69, 9.17) is 6.57 Å². The third-order valence-corrected chi connectivity index (χ3v) is 14.8. The van der Waals surface area contributed by atoms with Gasteiger partial charge in [-0.05, 0) is 146 Å². The molecule has 1 aliphatic carbocycles. The normalized spacial score (nSPS) is 12.8. The molecule has 1 heterocycles. The van der Waals surface area contributed by atoms with Gasteiger partial charge in [0.1, 0.15) is 0 Å². The van der Waals surface area contributed by atoms with Gasteiger partial charge in [0.05, 0.1) is 40.6 Å². The van der Waals surface area contributed by atoms with E-state index in [1.807, 2.05) is 24.3 Å². The first kappa shape index (κ1) is 41.1. The van der Waals surface area contributed by atoms with E-state index in [1.165, 1.54) is 44.0 Å². The number of hydrogen-bond donors (Lipinski definition) is 0. The number of nitriles is 1. The fourth-order valence-electron chi connectivity index (χ4n) is 11.7. The molecule has 0 amide bonds. The molecule has 0 N–H and O–H groups in total. The van der Waals surface area contributed by atoms with Crippen molar-refractivity contribution >= 4 is 93.9 Å². The van der Waals surface area contributed by atoms with Crippen molar-refractivity contribution in [3.63, 3.8) is 0 Å². The van der Waals surface area contributed by atoms with Crippen molar-refractivity contribution in [3.05, 3.63) is 276 Å².